The van der Waals surface area contributed by atoms with Gasteiger partial charge in [-0.3, -0.25) is 4.98 Å². The van der Waals surface area contributed by atoms with Crippen molar-refractivity contribution in [3.63, 3.8) is 0 Å². The van der Waals surface area contributed by atoms with E-state index in [1.165, 1.54) is 18.4 Å². The quantitative estimate of drug-likeness (QED) is 0.850. The van der Waals surface area contributed by atoms with Crippen molar-refractivity contribution in [2.45, 2.75) is 19.4 Å². The fraction of sp³-hybridized carbons (Fsp3) is 0.500. The first-order valence-corrected chi connectivity index (χ1v) is 6.61. The number of fused-ring (bicyclic) bond motifs is 1. The van der Waals surface area contributed by atoms with Gasteiger partial charge in [-0.25, -0.2) is 4.79 Å². The summed E-state index contributed by atoms with van der Waals surface area (Å²) in [5.41, 5.74) is 8.69. The number of rotatable bonds is 5. The van der Waals surface area contributed by atoms with Crippen molar-refractivity contribution < 1.29 is 4.42 Å². The molecule has 19 heavy (non-hydrogen) atoms. The molecule has 1 saturated carbocycles. The van der Waals surface area contributed by atoms with Crippen LogP contribution in [0.2, 0.25) is 0 Å². The molecule has 5 nitrogen and oxygen atoms in total. The molecule has 0 saturated heterocycles. The van der Waals surface area contributed by atoms with Crippen molar-refractivity contribution in [1.82, 2.24) is 9.88 Å². The van der Waals surface area contributed by atoms with Crippen LogP contribution in [0.4, 0.5) is 0 Å². The number of H-pyrrole nitrogens is 1. The molecule has 1 aliphatic rings. The molecule has 3 N–H and O–H groups in total. The maximum Gasteiger partial charge on any atom is 0.417 e. The number of aromatic nitrogens is 1. The van der Waals surface area contributed by atoms with E-state index in [0.717, 1.165) is 25.2 Å². The molecule has 1 aromatic carbocycles. The Morgan fingerprint density at radius 3 is 2.95 bits per heavy atom. The first kappa shape index (κ1) is 12.4. The molecule has 5 heteroatoms. The molecule has 0 atom stereocenters. The number of hydrogen-bond acceptors (Lipinski definition) is 4. The third-order valence-corrected chi connectivity index (χ3v) is 3.93. The van der Waals surface area contributed by atoms with E-state index in [2.05, 4.69) is 16.9 Å². The van der Waals surface area contributed by atoms with Gasteiger partial charge in [-0.2, -0.15) is 0 Å². The molecule has 3 rings (SSSR count). The molecule has 1 heterocycles. The zero-order chi connectivity index (χ0) is 13.5. The summed E-state index contributed by atoms with van der Waals surface area (Å²) in [7, 11) is 2.11. The van der Waals surface area contributed by atoms with Crippen LogP contribution in [0.3, 0.4) is 0 Å². The zero-order valence-corrected chi connectivity index (χ0v) is 11.1. The van der Waals surface area contributed by atoms with E-state index in [1.54, 1.807) is 0 Å². The molecule has 0 unspecified atom stereocenters. The Morgan fingerprint density at radius 1 is 1.47 bits per heavy atom. The van der Waals surface area contributed by atoms with Crippen LogP contribution >= 0.6 is 0 Å². The Bertz CT molecular complexity index is 639. The number of aromatic amines is 1. The standard InChI is InChI=1S/C14H19N3O2/c1-17(9-14(8-15)4-5-14)7-10-2-3-12-11(6-10)16-13(18)19-12/h2-3,6H,4-5,7-9,15H2,1H3,(H,16,18). The normalized spacial score (nSPS) is 17.2. The van der Waals surface area contributed by atoms with Crippen molar-refractivity contribution in [1.29, 1.82) is 0 Å². The molecule has 0 radical (unpaired) electrons. The van der Waals surface area contributed by atoms with Gasteiger partial charge in [-0.15, -0.1) is 0 Å². The zero-order valence-electron chi connectivity index (χ0n) is 11.1. The van der Waals surface area contributed by atoms with Gasteiger partial charge in [0.15, 0.2) is 5.58 Å². The van der Waals surface area contributed by atoms with Crippen molar-refractivity contribution in [2.24, 2.45) is 11.1 Å². The Kier molecular flexibility index (Phi) is 2.95. The molecule has 1 fully saturated rings. The number of benzene rings is 1. The lowest BCUT2D eigenvalue weighted by Gasteiger charge is -2.22. The monoisotopic (exact) mass is 261 g/mol. The van der Waals surface area contributed by atoms with Gasteiger partial charge in [0.2, 0.25) is 0 Å². The molecule has 1 aliphatic carbocycles. The molecule has 0 amide bonds. The van der Waals surface area contributed by atoms with Crippen LogP contribution in [0.25, 0.3) is 11.1 Å². The molecule has 0 bridgehead atoms. The highest BCUT2D eigenvalue weighted by atomic mass is 16.4. The van der Waals surface area contributed by atoms with E-state index in [-0.39, 0.29) is 0 Å². The molecule has 1 aromatic heterocycles. The van der Waals surface area contributed by atoms with Crippen LogP contribution in [0.1, 0.15) is 18.4 Å². The van der Waals surface area contributed by atoms with Crippen LogP contribution in [-0.2, 0) is 6.54 Å². The Hall–Kier alpha value is -1.59. The van der Waals surface area contributed by atoms with Crippen molar-refractivity contribution in [3.8, 4) is 0 Å². The number of hydrogen-bond donors (Lipinski definition) is 2. The summed E-state index contributed by atoms with van der Waals surface area (Å²) in [5, 5.41) is 0. The van der Waals surface area contributed by atoms with Gasteiger partial charge in [-0.1, -0.05) is 6.07 Å². The van der Waals surface area contributed by atoms with Crippen molar-refractivity contribution in [3.05, 3.63) is 34.3 Å². The van der Waals surface area contributed by atoms with Crippen LogP contribution < -0.4 is 11.5 Å². The van der Waals surface area contributed by atoms with E-state index in [0.29, 0.717) is 11.0 Å². The smallest absolute Gasteiger partial charge is 0.408 e. The fourth-order valence-corrected chi connectivity index (χ4v) is 2.64. The average Bonchev–Trinajstić information content (AvgIpc) is 3.03. The third-order valence-electron chi connectivity index (χ3n) is 3.93. The summed E-state index contributed by atoms with van der Waals surface area (Å²) in [6.07, 6.45) is 2.48. The number of oxazole rings is 1. The summed E-state index contributed by atoms with van der Waals surface area (Å²) in [6.45, 7) is 2.65. The molecule has 0 spiro atoms. The van der Waals surface area contributed by atoms with Gasteiger partial charge >= 0.3 is 5.76 Å². The van der Waals surface area contributed by atoms with Gasteiger partial charge < -0.3 is 15.1 Å². The SMILES string of the molecule is CN(Cc1ccc2oc(=O)[nH]c2c1)CC1(CN)CC1. The summed E-state index contributed by atoms with van der Waals surface area (Å²) < 4.78 is 4.99. The third kappa shape index (κ3) is 2.57. The lowest BCUT2D eigenvalue weighted by atomic mass is 10.1. The average molecular weight is 261 g/mol. The minimum absolute atomic E-state index is 0.350. The van der Waals surface area contributed by atoms with Gasteiger partial charge in [-0.05, 0) is 49.5 Å². The second-order valence-corrected chi connectivity index (χ2v) is 5.72. The largest absolute Gasteiger partial charge is 0.417 e. The Morgan fingerprint density at radius 2 is 2.26 bits per heavy atom. The Labute approximate surface area is 111 Å². The van der Waals surface area contributed by atoms with Crippen molar-refractivity contribution in [2.75, 3.05) is 20.1 Å². The second kappa shape index (κ2) is 4.51. The summed E-state index contributed by atoms with van der Waals surface area (Å²) >= 11 is 0. The highest BCUT2D eigenvalue weighted by Gasteiger charge is 2.41. The molecule has 2 aromatic rings. The van der Waals surface area contributed by atoms with Crippen LogP contribution in [-0.4, -0.2) is 30.0 Å². The minimum atomic E-state index is -0.402. The highest BCUT2D eigenvalue weighted by Crippen LogP contribution is 2.45. The van der Waals surface area contributed by atoms with Gasteiger partial charge in [0.05, 0.1) is 5.52 Å². The molecular formula is C14H19N3O2. The number of nitrogens with two attached hydrogens (primary N) is 1. The summed E-state index contributed by atoms with van der Waals surface area (Å²) in [5.74, 6) is -0.402. The van der Waals surface area contributed by atoms with E-state index >= 15 is 0 Å². The lowest BCUT2D eigenvalue weighted by molar-refractivity contribution is 0.259. The van der Waals surface area contributed by atoms with Gasteiger partial charge in [0, 0.05) is 13.1 Å². The van der Waals surface area contributed by atoms with Crippen LogP contribution in [0.15, 0.2) is 27.4 Å². The predicted octanol–water partition coefficient (Wildman–Crippen LogP) is 1.29. The van der Waals surface area contributed by atoms with E-state index < -0.39 is 5.76 Å². The molecular weight excluding hydrogens is 242 g/mol. The lowest BCUT2D eigenvalue weighted by Crippen LogP contribution is -2.31. The second-order valence-electron chi connectivity index (χ2n) is 5.72. The summed E-state index contributed by atoms with van der Waals surface area (Å²) in [4.78, 5) is 16.1. The summed E-state index contributed by atoms with van der Waals surface area (Å²) in [6, 6.07) is 5.81. The maximum absolute atomic E-state index is 11.1. The van der Waals surface area contributed by atoms with Crippen LogP contribution in [0, 0.1) is 5.41 Å². The van der Waals surface area contributed by atoms with Crippen LogP contribution in [0.5, 0.6) is 0 Å². The van der Waals surface area contributed by atoms with Gasteiger partial charge in [0.1, 0.15) is 0 Å². The minimum Gasteiger partial charge on any atom is -0.408 e. The number of nitrogens with one attached hydrogen (secondary N) is 1. The van der Waals surface area contributed by atoms with E-state index in [1.807, 2.05) is 18.2 Å². The first-order valence-electron chi connectivity index (χ1n) is 6.61. The first-order chi connectivity index (χ1) is 9.10. The van der Waals surface area contributed by atoms with E-state index in [9.17, 15) is 4.79 Å². The topological polar surface area (TPSA) is 75.3 Å². The van der Waals surface area contributed by atoms with E-state index in [4.69, 9.17) is 10.2 Å². The van der Waals surface area contributed by atoms with Crippen molar-refractivity contribution >= 4 is 11.1 Å². The number of nitrogens with zero attached hydrogens (tertiary/aromatic N) is 1. The molecule has 0 aliphatic heterocycles. The molecule has 102 valence electrons. The van der Waals surface area contributed by atoms with Gasteiger partial charge in [0.25, 0.3) is 0 Å². The highest BCUT2D eigenvalue weighted by molar-refractivity contribution is 5.72. The fourth-order valence-electron chi connectivity index (χ4n) is 2.64. The predicted molar refractivity (Wildman–Crippen MR) is 73.9 cm³/mol. The Balaban J connectivity index is 1.72. The maximum atomic E-state index is 11.1.